The van der Waals surface area contributed by atoms with Crippen LogP contribution in [-0.2, 0) is 4.74 Å². The van der Waals surface area contributed by atoms with E-state index < -0.39 is 0 Å². The van der Waals surface area contributed by atoms with Crippen molar-refractivity contribution in [3.8, 4) is 12.0 Å². The molecular formula is C5H6ClO. The van der Waals surface area contributed by atoms with E-state index in [1.165, 1.54) is 0 Å². The number of ether oxygens (including phenoxy) is 1. The third-order valence-electron chi connectivity index (χ3n) is 0.364. The normalized spacial score (nSPS) is 6.57. The molecule has 7 heavy (non-hydrogen) atoms. The van der Waals surface area contributed by atoms with Gasteiger partial charge in [0.1, 0.15) is 13.2 Å². The van der Waals surface area contributed by atoms with E-state index in [-0.39, 0.29) is 0 Å². The molecule has 0 amide bonds. The van der Waals surface area contributed by atoms with Crippen molar-refractivity contribution in [1.29, 1.82) is 0 Å². The van der Waals surface area contributed by atoms with Crippen LogP contribution in [0, 0.1) is 19.1 Å². The van der Waals surface area contributed by atoms with Crippen molar-refractivity contribution >= 4 is 11.6 Å². The minimum atomic E-state index is 0.552. The summed E-state index contributed by atoms with van der Waals surface area (Å²) in [5, 5.41) is 0. The van der Waals surface area contributed by atoms with Crippen LogP contribution in [0.15, 0.2) is 0 Å². The van der Waals surface area contributed by atoms with E-state index in [9.17, 15) is 0 Å². The van der Waals surface area contributed by atoms with Crippen molar-refractivity contribution in [2.24, 2.45) is 0 Å². The first-order valence-electron chi connectivity index (χ1n) is 1.86. The molecule has 0 rings (SSSR count). The Balaban J connectivity index is 2.91. The molecule has 0 spiro atoms. The highest BCUT2D eigenvalue weighted by atomic mass is 35.5. The minimum Gasteiger partial charge on any atom is -0.443 e. The van der Waals surface area contributed by atoms with Crippen LogP contribution >= 0.6 is 11.6 Å². The first kappa shape index (κ1) is 6.65. The second-order valence-corrected chi connectivity index (χ2v) is 1.24. The Morgan fingerprint density at radius 2 is 2.43 bits per heavy atom. The Bertz CT molecular complexity index is 79.8. The highest BCUT2D eigenvalue weighted by Crippen LogP contribution is 1.78. The summed E-state index contributed by atoms with van der Waals surface area (Å²) in [6.07, 6.45) is 2.97. The van der Waals surface area contributed by atoms with Gasteiger partial charge in [0.2, 0.25) is 0 Å². The Labute approximate surface area is 48.6 Å². The number of hydrogen-bond acceptors (Lipinski definition) is 1. The summed E-state index contributed by atoms with van der Waals surface area (Å²) in [5.74, 6) is 3.17. The Morgan fingerprint density at radius 3 is 2.86 bits per heavy atom. The smallest absolute Gasteiger partial charge is 0.135 e. The van der Waals surface area contributed by atoms with Gasteiger partial charge in [0.25, 0.3) is 0 Å². The van der Waals surface area contributed by atoms with Crippen LogP contribution in [-0.4, -0.2) is 5.88 Å². The van der Waals surface area contributed by atoms with E-state index >= 15 is 0 Å². The standard InChI is InChI=1S/C5H6ClO/c1-7-5-3-2-4-6/h1-2,4H2. The number of hydrogen-bond donors (Lipinski definition) is 0. The van der Waals surface area contributed by atoms with Crippen molar-refractivity contribution < 1.29 is 4.74 Å². The van der Waals surface area contributed by atoms with Crippen LogP contribution in [0.4, 0.5) is 0 Å². The van der Waals surface area contributed by atoms with E-state index in [2.05, 4.69) is 23.9 Å². The molecular weight excluding hydrogens is 112 g/mol. The molecule has 1 radical (unpaired) electrons. The second-order valence-electron chi connectivity index (χ2n) is 0.862. The van der Waals surface area contributed by atoms with Crippen molar-refractivity contribution in [3.63, 3.8) is 0 Å². The van der Waals surface area contributed by atoms with Crippen molar-refractivity contribution in [3.05, 3.63) is 7.11 Å². The topological polar surface area (TPSA) is 9.23 Å². The van der Waals surface area contributed by atoms with Gasteiger partial charge >= 0.3 is 0 Å². The molecule has 0 unspecified atom stereocenters. The molecule has 0 aliphatic carbocycles. The summed E-state index contributed by atoms with van der Waals surface area (Å²) < 4.78 is 4.17. The SMILES string of the molecule is [CH2]OC#CCCCl. The summed E-state index contributed by atoms with van der Waals surface area (Å²) in [7, 11) is 3.04. The molecule has 0 N–H and O–H groups in total. The third-order valence-corrected chi connectivity index (χ3v) is 0.553. The Hall–Kier alpha value is -0.350. The van der Waals surface area contributed by atoms with Gasteiger partial charge in [0.05, 0.1) is 0 Å². The summed E-state index contributed by atoms with van der Waals surface area (Å²) in [6.45, 7) is 0. The zero-order valence-electron chi connectivity index (χ0n) is 3.91. The molecule has 0 saturated carbocycles. The summed E-state index contributed by atoms with van der Waals surface area (Å²) >= 11 is 5.26. The lowest BCUT2D eigenvalue weighted by atomic mass is 10.5. The molecule has 0 aromatic carbocycles. The maximum Gasteiger partial charge on any atom is 0.135 e. The van der Waals surface area contributed by atoms with Gasteiger partial charge in [0.15, 0.2) is 0 Å². The largest absolute Gasteiger partial charge is 0.443 e. The summed E-state index contributed by atoms with van der Waals surface area (Å²) in [4.78, 5) is 0. The predicted octanol–water partition coefficient (Wildman–Crippen LogP) is 1.38. The lowest BCUT2D eigenvalue weighted by Gasteiger charge is -1.75. The second kappa shape index (κ2) is 5.65. The molecule has 2 heteroatoms. The molecule has 0 aliphatic heterocycles. The third kappa shape index (κ3) is 5.65. The van der Waals surface area contributed by atoms with Crippen molar-refractivity contribution in [2.75, 3.05) is 5.88 Å². The van der Waals surface area contributed by atoms with Gasteiger partial charge in [-0.2, -0.15) is 0 Å². The maximum absolute atomic E-state index is 5.26. The predicted molar refractivity (Wildman–Crippen MR) is 29.6 cm³/mol. The number of halogens is 1. The fourth-order valence-corrected chi connectivity index (χ4v) is 0.244. The van der Waals surface area contributed by atoms with E-state index in [1.807, 2.05) is 0 Å². The van der Waals surface area contributed by atoms with Crippen molar-refractivity contribution in [2.45, 2.75) is 6.42 Å². The molecule has 0 saturated heterocycles. The Kier molecular flexibility index (Phi) is 5.37. The quantitative estimate of drug-likeness (QED) is 0.373. The highest BCUT2D eigenvalue weighted by molar-refractivity contribution is 6.17. The van der Waals surface area contributed by atoms with Crippen molar-refractivity contribution in [1.82, 2.24) is 0 Å². The molecule has 0 bridgehead atoms. The van der Waals surface area contributed by atoms with Gasteiger partial charge in [-0.1, -0.05) is 5.92 Å². The zero-order valence-corrected chi connectivity index (χ0v) is 4.66. The first-order valence-corrected chi connectivity index (χ1v) is 2.40. The van der Waals surface area contributed by atoms with Crippen LogP contribution in [0.1, 0.15) is 6.42 Å². The van der Waals surface area contributed by atoms with E-state index in [4.69, 9.17) is 11.6 Å². The molecule has 0 fully saturated rings. The highest BCUT2D eigenvalue weighted by Gasteiger charge is 1.68. The molecule has 0 aliphatic rings. The van der Waals surface area contributed by atoms with Crippen LogP contribution in [0.2, 0.25) is 0 Å². The summed E-state index contributed by atoms with van der Waals surface area (Å²) in [6, 6.07) is 0. The summed E-state index contributed by atoms with van der Waals surface area (Å²) in [5.41, 5.74) is 0. The van der Waals surface area contributed by atoms with Crippen LogP contribution < -0.4 is 0 Å². The Morgan fingerprint density at radius 1 is 1.71 bits per heavy atom. The van der Waals surface area contributed by atoms with E-state index in [1.54, 1.807) is 0 Å². The van der Waals surface area contributed by atoms with Gasteiger partial charge in [-0.15, -0.1) is 11.6 Å². The van der Waals surface area contributed by atoms with Crippen LogP contribution in [0.5, 0.6) is 0 Å². The average molecular weight is 118 g/mol. The fourth-order valence-electron chi connectivity index (χ4n) is 0.149. The molecule has 0 aromatic heterocycles. The molecule has 39 valence electrons. The van der Waals surface area contributed by atoms with Gasteiger partial charge in [-0.3, -0.25) is 0 Å². The fraction of sp³-hybridized carbons (Fsp3) is 0.400. The lowest BCUT2D eigenvalue weighted by Crippen LogP contribution is -1.66. The van der Waals surface area contributed by atoms with E-state index in [0.29, 0.717) is 12.3 Å². The van der Waals surface area contributed by atoms with Crippen LogP contribution in [0.3, 0.4) is 0 Å². The number of alkyl halides is 1. The van der Waals surface area contributed by atoms with E-state index in [0.717, 1.165) is 0 Å². The monoisotopic (exact) mass is 117 g/mol. The zero-order chi connectivity index (χ0) is 5.54. The van der Waals surface area contributed by atoms with Gasteiger partial charge in [-0.05, 0) is 0 Å². The maximum atomic E-state index is 5.26. The minimum absolute atomic E-state index is 0.552. The first-order chi connectivity index (χ1) is 3.41. The number of rotatable bonds is 1. The molecule has 0 heterocycles. The molecule has 0 aromatic rings. The lowest BCUT2D eigenvalue weighted by molar-refractivity contribution is 0.430. The van der Waals surface area contributed by atoms with Gasteiger partial charge < -0.3 is 4.74 Å². The van der Waals surface area contributed by atoms with Gasteiger partial charge in [0, 0.05) is 12.3 Å². The molecule has 1 nitrogen and oxygen atoms in total. The van der Waals surface area contributed by atoms with Crippen LogP contribution in [0.25, 0.3) is 0 Å². The molecule has 0 atom stereocenters. The average Bonchev–Trinajstić information content (AvgIpc) is 1.69. The van der Waals surface area contributed by atoms with Gasteiger partial charge in [-0.25, -0.2) is 0 Å².